The second kappa shape index (κ2) is 13.7. The first-order valence-electron chi connectivity index (χ1n) is 12.4. The molecule has 1 aliphatic heterocycles. The largest absolute Gasteiger partial charge is 0.507 e. The van der Waals surface area contributed by atoms with Crippen LogP contribution in [0.3, 0.4) is 0 Å². The molecule has 10 heteroatoms. The van der Waals surface area contributed by atoms with E-state index in [0.29, 0.717) is 25.4 Å². The van der Waals surface area contributed by atoms with E-state index in [-0.39, 0.29) is 16.6 Å². The minimum absolute atomic E-state index is 0.0509. The summed E-state index contributed by atoms with van der Waals surface area (Å²) in [6.45, 7) is 5.30. The number of piperidine rings is 1. The molecule has 0 amide bonds. The lowest BCUT2D eigenvalue weighted by molar-refractivity contribution is 0.263. The van der Waals surface area contributed by atoms with Crippen molar-refractivity contribution in [1.82, 2.24) is 9.62 Å². The predicted octanol–water partition coefficient (Wildman–Crippen LogP) is 5.11. The van der Waals surface area contributed by atoms with Crippen LogP contribution >= 0.6 is 15.9 Å². The summed E-state index contributed by atoms with van der Waals surface area (Å²) in [4.78, 5) is 8.84. The van der Waals surface area contributed by atoms with Crippen molar-refractivity contribution in [1.29, 1.82) is 0 Å². The molecule has 0 aliphatic carbocycles. The number of para-hydroxylation sites is 2. The molecule has 1 saturated heterocycles. The van der Waals surface area contributed by atoms with Crippen LogP contribution in [-0.4, -0.2) is 63.5 Å². The van der Waals surface area contributed by atoms with Crippen LogP contribution in [0, 0.1) is 5.92 Å². The molecule has 1 aliphatic rings. The zero-order chi connectivity index (χ0) is 27.7. The van der Waals surface area contributed by atoms with Gasteiger partial charge >= 0.3 is 0 Å². The average molecular weight is 604 g/mol. The molecule has 1 fully saturated rings. The molecule has 0 saturated carbocycles. The van der Waals surface area contributed by atoms with Crippen molar-refractivity contribution in [3.63, 3.8) is 0 Å². The van der Waals surface area contributed by atoms with Crippen LogP contribution in [0.1, 0.15) is 32.3 Å². The van der Waals surface area contributed by atoms with Crippen LogP contribution in [0.25, 0.3) is 0 Å². The van der Waals surface area contributed by atoms with E-state index in [9.17, 15) is 13.5 Å². The van der Waals surface area contributed by atoms with Gasteiger partial charge < -0.3 is 15.2 Å². The smallest absolute Gasteiger partial charge is 0.246 e. The Hall–Kier alpha value is -2.95. The van der Waals surface area contributed by atoms with E-state index in [4.69, 9.17) is 9.73 Å². The fourth-order valence-electron chi connectivity index (χ4n) is 4.25. The summed E-state index contributed by atoms with van der Waals surface area (Å²) in [5.74, 6) is 0.604. The summed E-state index contributed by atoms with van der Waals surface area (Å²) >= 11 is 3.52. The van der Waals surface area contributed by atoms with Crippen LogP contribution < -0.4 is 10.1 Å². The summed E-state index contributed by atoms with van der Waals surface area (Å²) in [6.07, 6.45) is 5.33. The molecule has 1 heterocycles. The average Bonchev–Trinajstić information content (AvgIpc) is 2.92. The second-order valence-corrected chi connectivity index (χ2v) is 11.8. The Bertz CT molecular complexity index is 1350. The van der Waals surface area contributed by atoms with Crippen LogP contribution in [0.5, 0.6) is 11.5 Å². The number of methoxy groups -OCH3 is 1. The third-order valence-electron chi connectivity index (χ3n) is 6.25. The van der Waals surface area contributed by atoms with Gasteiger partial charge in [0, 0.05) is 44.2 Å². The monoisotopic (exact) mass is 602 g/mol. The first kappa shape index (κ1) is 29.6. The molecular formula is C28H35BrN4O4S. The van der Waals surface area contributed by atoms with E-state index < -0.39 is 10.0 Å². The molecule has 0 aromatic heterocycles. The van der Waals surface area contributed by atoms with E-state index in [1.54, 1.807) is 32.5 Å². The Labute approximate surface area is 234 Å². The Kier molecular flexibility index (Phi) is 10.7. The maximum absolute atomic E-state index is 13.1. The van der Waals surface area contributed by atoms with Crippen molar-refractivity contribution in [2.45, 2.75) is 31.6 Å². The highest BCUT2D eigenvalue weighted by molar-refractivity contribution is 9.12. The number of benzene rings is 2. The Balaban J connectivity index is 1.79. The van der Waals surface area contributed by atoms with Gasteiger partial charge in [0.2, 0.25) is 10.0 Å². The summed E-state index contributed by atoms with van der Waals surface area (Å²) in [7, 11) is -0.433. The van der Waals surface area contributed by atoms with Gasteiger partial charge in [0.25, 0.3) is 0 Å². The van der Waals surface area contributed by atoms with Gasteiger partial charge in [-0.25, -0.2) is 8.42 Å². The number of aromatic hydroxyl groups is 1. The van der Waals surface area contributed by atoms with Gasteiger partial charge in [-0.3, -0.25) is 9.98 Å². The summed E-state index contributed by atoms with van der Waals surface area (Å²) in [5.41, 5.74) is 3.22. The SMILES string of the molecule is CN=C/C(Br)=C(C)/N=C(\C=C(/C)NCC1CCCN(S(=O)(=O)c2ccccc2O)C1)c1ccccc1OC. The zero-order valence-electron chi connectivity index (χ0n) is 22.2. The van der Waals surface area contributed by atoms with Crippen LogP contribution in [-0.2, 0) is 10.0 Å². The Morgan fingerprint density at radius 3 is 2.63 bits per heavy atom. The molecule has 2 N–H and O–H groups in total. The highest BCUT2D eigenvalue weighted by atomic mass is 79.9. The molecule has 3 rings (SSSR count). The summed E-state index contributed by atoms with van der Waals surface area (Å²) in [6, 6.07) is 13.8. The normalized spacial score (nSPS) is 18.4. The zero-order valence-corrected chi connectivity index (χ0v) is 24.6. The van der Waals surface area contributed by atoms with E-state index in [1.807, 2.05) is 44.2 Å². The predicted molar refractivity (Wildman–Crippen MR) is 157 cm³/mol. The van der Waals surface area contributed by atoms with E-state index >= 15 is 0 Å². The molecule has 8 nitrogen and oxygen atoms in total. The third-order valence-corrected chi connectivity index (χ3v) is 8.94. The highest BCUT2D eigenvalue weighted by Gasteiger charge is 2.31. The van der Waals surface area contributed by atoms with Crippen LogP contribution in [0.2, 0.25) is 0 Å². The molecule has 1 unspecified atom stereocenters. The van der Waals surface area contributed by atoms with Crippen molar-refractivity contribution in [2.24, 2.45) is 15.9 Å². The minimum atomic E-state index is -3.77. The number of nitrogens with zero attached hydrogens (tertiary/aromatic N) is 3. The number of halogens is 1. The van der Waals surface area contributed by atoms with E-state index in [2.05, 4.69) is 26.2 Å². The number of phenols is 1. The Morgan fingerprint density at radius 1 is 1.21 bits per heavy atom. The highest BCUT2D eigenvalue weighted by Crippen LogP contribution is 2.29. The van der Waals surface area contributed by atoms with Gasteiger partial charge in [-0.1, -0.05) is 24.3 Å². The number of nitrogens with one attached hydrogen (secondary N) is 1. The number of sulfonamides is 1. The number of ether oxygens (including phenoxy) is 1. The summed E-state index contributed by atoms with van der Waals surface area (Å²) in [5, 5.41) is 13.6. The topological polar surface area (TPSA) is 104 Å². The van der Waals surface area contributed by atoms with Gasteiger partial charge in [0.15, 0.2) is 0 Å². The molecule has 2 aromatic rings. The van der Waals surface area contributed by atoms with Gasteiger partial charge in [-0.2, -0.15) is 4.31 Å². The van der Waals surface area contributed by atoms with Gasteiger partial charge in [-0.15, -0.1) is 0 Å². The maximum Gasteiger partial charge on any atom is 0.246 e. The lowest BCUT2D eigenvalue weighted by Gasteiger charge is -2.32. The van der Waals surface area contributed by atoms with Crippen molar-refractivity contribution in [3.05, 3.63) is 76.0 Å². The minimum Gasteiger partial charge on any atom is -0.507 e. The molecule has 1 atom stereocenters. The van der Waals surface area contributed by atoms with Gasteiger partial charge in [0.1, 0.15) is 16.4 Å². The van der Waals surface area contributed by atoms with Crippen LogP contribution in [0.4, 0.5) is 0 Å². The quantitative estimate of drug-likeness (QED) is 0.368. The van der Waals surface area contributed by atoms with Crippen molar-refractivity contribution >= 4 is 37.9 Å². The lowest BCUT2D eigenvalue weighted by Crippen LogP contribution is -2.42. The first-order valence-corrected chi connectivity index (χ1v) is 14.6. The molecule has 0 spiro atoms. The number of rotatable bonds is 10. The maximum atomic E-state index is 13.1. The Morgan fingerprint density at radius 2 is 1.92 bits per heavy atom. The molecule has 0 bridgehead atoms. The fraction of sp³-hybridized carbons (Fsp3) is 0.357. The molecule has 38 heavy (non-hydrogen) atoms. The van der Waals surface area contributed by atoms with Crippen molar-refractivity contribution in [2.75, 3.05) is 33.8 Å². The lowest BCUT2D eigenvalue weighted by atomic mass is 9.99. The van der Waals surface area contributed by atoms with E-state index in [0.717, 1.165) is 40.0 Å². The van der Waals surface area contributed by atoms with Crippen LogP contribution in [0.15, 0.2) is 85.4 Å². The summed E-state index contributed by atoms with van der Waals surface area (Å²) < 4.78 is 34.1. The number of hydrogen-bond donors (Lipinski definition) is 2. The first-order chi connectivity index (χ1) is 18.2. The number of hydrogen-bond acceptors (Lipinski definition) is 7. The number of phenolic OH excluding ortho intramolecular Hbond substituents is 1. The standard InChI is InChI=1S/C28H35BrN4O4S/c1-20(16-25(32-21(2)24(29)18-30-3)23-11-5-7-13-27(23)37-4)31-17-22-10-9-15-33(19-22)38(35,36)28-14-8-6-12-26(28)34/h5-8,11-14,16,18,22,31,34H,9-10,15,17,19H2,1-4H3/b20-16+,24-21-,30-18?,32-25+. The van der Waals surface area contributed by atoms with Crippen molar-refractivity contribution in [3.8, 4) is 11.5 Å². The molecule has 0 radical (unpaired) electrons. The number of allylic oxidation sites excluding steroid dienone is 4. The molecule has 204 valence electrons. The second-order valence-electron chi connectivity index (χ2n) is 9.07. The van der Waals surface area contributed by atoms with Gasteiger partial charge in [-0.05, 0) is 78.9 Å². The fourth-order valence-corrected chi connectivity index (χ4v) is 6.19. The number of aliphatic imine (C=N–C) groups is 2. The molecular weight excluding hydrogens is 568 g/mol. The van der Waals surface area contributed by atoms with Crippen molar-refractivity contribution < 1.29 is 18.3 Å². The van der Waals surface area contributed by atoms with E-state index in [1.165, 1.54) is 16.4 Å². The molecule has 2 aromatic carbocycles. The van der Waals surface area contributed by atoms with Gasteiger partial charge in [0.05, 0.1) is 23.0 Å². The third kappa shape index (κ3) is 7.55.